The molecule has 0 bridgehead atoms. The van der Waals surface area contributed by atoms with E-state index in [0.717, 1.165) is 13.1 Å². The summed E-state index contributed by atoms with van der Waals surface area (Å²) in [6.45, 7) is 11.5. The zero-order valence-electron chi connectivity index (χ0n) is 11.0. The van der Waals surface area contributed by atoms with E-state index in [0.29, 0.717) is 0 Å². The third kappa shape index (κ3) is 4.10. The zero-order chi connectivity index (χ0) is 12.3. The van der Waals surface area contributed by atoms with Crippen LogP contribution in [0.5, 0.6) is 0 Å². The number of ether oxygens (including phenoxy) is 1. The SMILES string of the molecule is CC(C)C(=O)NC1CNCC1OC(C)(C)C. The highest BCUT2D eigenvalue weighted by molar-refractivity contribution is 5.78. The van der Waals surface area contributed by atoms with Crippen molar-refractivity contribution in [3.63, 3.8) is 0 Å². The quantitative estimate of drug-likeness (QED) is 0.755. The monoisotopic (exact) mass is 228 g/mol. The maximum Gasteiger partial charge on any atom is 0.222 e. The minimum absolute atomic E-state index is 0.0240. The van der Waals surface area contributed by atoms with Gasteiger partial charge in [0.05, 0.1) is 17.7 Å². The van der Waals surface area contributed by atoms with Crippen molar-refractivity contribution in [2.24, 2.45) is 5.92 Å². The Hall–Kier alpha value is -0.610. The Kier molecular flexibility index (Phi) is 4.33. The van der Waals surface area contributed by atoms with E-state index in [2.05, 4.69) is 10.6 Å². The van der Waals surface area contributed by atoms with Crippen LogP contribution in [-0.4, -0.2) is 36.7 Å². The van der Waals surface area contributed by atoms with Crippen LogP contribution in [0.15, 0.2) is 0 Å². The molecular weight excluding hydrogens is 204 g/mol. The molecule has 1 heterocycles. The molecule has 0 aromatic rings. The van der Waals surface area contributed by atoms with Crippen LogP contribution in [-0.2, 0) is 9.53 Å². The maximum absolute atomic E-state index is 11.6. The van der Waals surface area contributed by atoms with Crippen molar-refractivity contribution in [3.8, 4) is 0 Å². The van der Waals surface area contributed by atoms with E-state index in [1.807, 2.05) is 34.6 Å². The molecule has 1 amide bonds. The van der Waals surface area contributed by atoms with Crippen LogP contribution in [0.2, 0.25) is 0 Å². The first-order chi connectivity index (χ1) is 7.29. The van der Waals surface area contributed by atoms with Crippen LogP contribution >= 0.6 is 0 Å². The Labute approximate surface area is 98.1 Å². The number of hydrogen-bond acceptors (Lipinski definition) is 3. The molecule has 2 atom stereocenters. The second kappa shape index (κ2) is 5.15. The summed E-state index contributed by atoms with van der Waals surface area (Å²) in [7, 11) is 0. The van der Waals surface area contributed by atoms with E-state index in [-0.39, 0.29) is 29.6 Å². The van der Waals surface area contributed by atoms with Crippen LogP contribution < -0.4 is 10.6 Å². The van der Waals surface area contributed by atoms with E-state index < -0.39 is 0 Å². The fraction of sp³-hybridized carbons (Fsp3) is 0.917. The lowest BCUT2D eigenvalue weighted by molar-refractivity contribution is -0.126. The first kappa shape index (κ1) is 13.5. The second-order valence-corrected chi connectivity index (χ2v) is 5.70. The van der Waals surface area contributed by atoms with E-state index >= 15 is 0 Å². The number of hydrogen-bond donors (Lipinski definition) is 2. The summed E-state index contributed by atoms with van der Waals surface area (Å²) in [6, 6.07) is 0.0918. The summed E-state index contributed by atoms with van der Waals surface area (Å²) < 4.78 is 5.91. The molecule has 0 aliphatic carbocycles. The lowest BCUT2D eigenvalue weighted by Crippen LogP contribution is -2.47. The van der Waals surface area contributed by atoms with Gasteiger partial charge >= 0.3 is 0 Å². The molecule has 4 heteroatoms. The van der Waals surface area contributed by atoms with E-state index in [1.54, 1.807) is 0 Å². The Bertz CT molecular complexity index is 246. The number of carbonyl (C=O) groups excluding carboxylic acids is 1. The van der Waals surface area contributed by atoms with Crippen molar-refractivity contribution in [1.82, 2.24) is 10.6 Å². The molecule has 4 nitrogen and oxygen atoms in total. The van der Waals surface area contributed by atoms with Gasteiger partial charge in [-0.15, -0.1) is 0 Å². The van der Waals surface area contributed by atoms with Crippen molar-refractivity contribution in [1.29, 1.82) is 0 Å². The lowest BCUT2D eigenvalue weighted by atomic mass is 10.1. The van der Waals surface area contributed by atoms with Gasteiger partial charge in [-0.1, -0.05) is 13.8 Å². The summed E-state index contributed by atoms with van der Waals surface area (Å²) in [5, 5.41) is 6.27. The Morgan fingerprint density at radius 2 is 2.00 bits per heavy atom. The predicted octanol–water partition coefficient (Wildman–Crippen LogP) is 0.914. The van der Waals surface area contributed by atoms with Crippen molar-refractivity contribution in [2.45, 2.75) is 52.4 Å². The van der Waals surface area contributed by atoms with Crippen LogP contribution in [0.3, 0.4) is 0 Å². The van der Waals surface area contributed by atoms with Gasteiger partial charge in [0.25, 0.3) is 0 Å². The molecule has 0 spiro atoms. The van der Waals surface area contributed by atoms with Crippen LogP contribution in [0.25, 0.3) is 0 Å². The average molecular weight is 228 g/mol. The van der Waals surface area contributed by atoms with Gasteiger partial charge in [-0.05, 0) is 20.8 Å². The fourth-order valence-corrected chi connectivity index (χ4v) is 1.73. The highest BCUT2D eigenvalue weighted by atomic mass is 16.5. The molecule has 1 saturated heterocycles. The summed E-state index contributed by atoms with van der Waals surface area (Å²) in [4.78, 5) is 11.6. The highest BCUT2D eigenvalue weighted by Gasteiger charge is 2.32. The number of nitrogens with one attached hydrogen (secondary N) is 2. The Morgan fingerprint density at radius 3 is 2.50 bits per heavy atom. The van der Waals surface area contributed by atoms with Crippen molar-refractivity contribution >= 4 is 5.91 Å². The predicted molar refractivity (Wildman–Crippen MR) is 64.3 cm³/mol. The van der Waals surface area contributed by atoms with E-state index in [4.69, 9.17) is 4.74 Å². The molecule has 0 saturated carbocycles. The van der Waals surface area contributed by atoms with Crippen LogP contribution in [0.4, 0.5) is 0 Å². The Balaban J connectivity index is 2.49. The van der Waals surface area contributed by atoms with Gasteiger partial charge in [-0.25, -0.2) is 0 Å². The molecule has 2 unspecified atom stereocenters. The van der Waals surface area contributed by atoms with Gasteiger partial charge in [0, 0.05) is 19.0 Å². The molecule has 2 N–H and O–H groups in total. The molecular formula is C12H24N2O2. The summed E-state index contributed by atoms with van der Waals surface area (Å²) >= 11 is 0. The fourth-order valence-electron chi connectivity index (χ4n) is 1.73. The zero-order valence-corrected chi connectivity index (χ0v) is 11.0. The van der Waals surface area contributed by atoms with Crippen LogP contribution in [0, 0.1) is 5.92 Å². The second-order valence-electron chi connectivity index (χ2n) is 5.70. The largest absolute Gasteiger partial charge is 0.369 e. The minimum Gasteiger partial charge on any atom is -0.369 e. The first-order valence-electron chi connectivity index (χ1n) is 5.98. The summed E-state index contributed by atoms with van der Waals surface area (Å²) in [6.07, 6.45) is 0.0719. The number of amides is 1. The highest BCUT2D eigenvalue weighted by Crippen LogP contribution is 2.15. The maximum atomic E-state index is 11.6. The van der Waals surface area contributed by atoms with Crippen LogP contribution in [0.1, 0.15) is 34.6 Å². The van der Waals surface area contributed by atoms with E-state index in [1.165, 1.54) is 0 Å². The topological polar surface area (TPSA) is 50.4 Å². The average Bonchev–Trinajstić information content (AvgIpc) is 2.49. The molecule has 1 aliphatic heterocycles. The minimum atomic E-state index is -0.169. The molecule has 1 fully saturated rings. The standard InChI is InChI=1S/C12H24N2O2/c1-8(2)11(15)14-9-6-13-7-10(9)16-12(3,4)5/h8-10,13H,6-7H2,1-5H3,(H,14,15). The summed E-state index contributed by atoms with van der Waals surface area (Å²) in [5.41, 5.74) is -0.169. The molecule has 1 aliphatic rings. The van der Waals surface area contributed by atoms with Gasteiger partial charge in [0.1, 0.15) is 0 Å². The molecule has 1 rings (SSSR count). The smallest absolute Gasteiger partial charge is 0.222 e. The van der Waals surface area contributed by atoms with Crippen molar-refractivity contribution in [3.05, 3.63) is 0 Å². The van der Waals surface area contributed by atoms with Crippen molar-refractivity contribution in [2.75, 3.05) is 13.1 Å². The Morgan fingerprint density at radius 1 is 1.38 bits per heavy atom. The first-order valence-corrected chi connectivity index (χ1v) is 5.98. The number of rotatable bonds is 3. The molecule has 94 valence electrons. The third-order valence-electron chi connectivity index (χ3n) is 2.52. The van der Waals surface area contributed by atoms with Gasteiger partial charge < -0.3 is 15.4 Å². The van der Waals surface area contributed by atoms with E-state index in [9.17, 15) is 4.79 Å². The lowest BCUT2D eigenvalue weighted by Gasteiger charge is -2.29. The van der Waals surface area contributed by atoms with Crippen molar-refractivity contribution < 1.29 is 9.53 Å². The molecule has 0 aromatic carbocycles. The van der Waals surface area contributed by atoms with Gasteiger partial charge in [0.2, 0.25) is 5.91 Å². The number of carbonyl (C=O) groups is 1. The third-order valence-corrected chi connectivity index (χ3v) is 2.52. The normalized spacial score (nSPS) is 26.1. The molecule has 0 radical (unpaired) electrons. The van der Waals surface area contributed by atoms with Gasteiger partial charge in [-0.2, -0.15) is 0 Å². The molecule has 16 heavy (non-hydrogen) atoms. The summed E-state index contributed by atoms with van der Waals surface area (Å²) in [5.74, 6) is 0.118. The van der Waals surface area contributed by atoms with Gasteiger partial charge in [0.15, 0.2) is 0 Å². The van der Waals surface area contributed by atoms with Gasteiger partial charge in [-0.3, -0.25) is 4.79 Å². The molecule has 0 aromatic heterocycles.